The van der Waals surface area contributed by atoms with Crippen molar-refractivity contribution < 1.29 is 14.5 Å². The van der Waals surface area contributed by atoms with Crippen LogP contribution in [0, 0.1) is 16.0 Å². The van der Waals surface area contributed by atoms with E-state index >= 15 is 0 Å². The van der Waals surface area contributed by atoms with Crippen LogP contribution in [0.3, 0.4) is 0 Å². The predicted molar refractivity (Wildman–Crippen MR) is 112 cm³/mol. The molecule has 30 heavy (non-hydrogen) atoms. The number of carbonyl (C=O) groups is 2. The molecule has 1 saturated heterocycles. The summed E-state index contributed by atoms with van der Waals surface area (Å²) in [5, 5.41) is 11.1. The molecule has 0 bridgehead atoms. The Kier molecular flexibility index (Phi) is 4.33. The zero-order valence-electron chi connectivity index (χ0n) is 15.2. The van der Waals surface area contributed by atoms with Crippen molar-refractivity contribution in [1.29, 1.82) is 0 Å². The van der Waals surface area contributed by atoms with E-state index in [1.165, 1.54) is 28.8 Å². The van der Waals surface area contributed by atoms with Crippen LogP contribution >= 0.6 is 23.1 Å². The lowest BCUT2D eigenvalue weighted by atomic mass is 9.83. The summed E-state index contributed by atoms with van der Waals surface area (Å²) in [6.07, 6.45) is 0. The van der Waals surface area contributed by atoms with Gasteiger partial charge >= 0.3 is 4.87 Å². The molecular weight excluding hydrogens is 426 g/mol. The number of rotatable bonds is 3. The fourth-order valence-corrected chi connectivity index (χ4v) is 6.55. The minimum absolute atomic E-state index is 0.108. The summed E-state index contributed by atoms with van der Waals surface area (Å²) in [7, 11) is 0. The van der Waals surface area contributed by atoms with Crippen LogP contribution in [0.1, 0.15) is 16.4 Å². The molecule has 150 valence electrons. The molecule has 3 aromatic rings. The standard InChI is InChI=1S/C20H13N3O5S2/c24-18-14-13(10-5-4-8-12(9-10)23(27)28)15-17(21-20(26)30-15)29-16(14)19(25)22(18)11-6-2-1-3-7-11/h1-9,13-14,16H,(H,21,26)/t13-,14+,16+/m0/s1. The summed E-state index contributed by atoms with van der Waals surface area (Å²) in [6, 6.07) is 14.7. The number of nitro benzene ring substituents is 1. The normalized spacial score (nSPS) is 22.7. The van der Waals surface area contributed by atoms with Gasteiger partial charge in [0.1, 0.15) is 5.25 Å². The Morgan fingerprint density at radius 3 is 2.50 bits per heavy atom. The maximum atomic E-state index is 13.4. The van der Waals surface area contributed by atoms with Gasteiger partial charge < -0.3 is 4.98 Å². The summed E-state index contributed by atoms with van der Waals surface area (Å²) >= 11 is 2.15. The first kappa shape index (κ1) is 18.8. The number of aromatic nitrogens is 1. The molecule has 2 amide bonds. The minimum atomic E-state index is -0.760. The first-order valence-corrected chi connectivity index (χ1v) is 10.7. The van der Waals surface area contributed by atoms with Crippen LogP contribution in [0.25, 0.3) is 0 Å². The zero-order chi connectivity index (χ0) is 21.0. The summed E-state index contributed by atoms with van der Waals surface area (Å²) in [4.78, 5) is 53.7. The van der Waals surface area contributed by atoms with E-state index in [1.54, 1.807) is 42.5 Å². The second-order valence-electron chi connectivity index (χ2n) is 6.95. The van der Waals surface area contributed by atoms with Crippen LogP contribution < -0.4 is 9.77 Å². The van der Waals surface area contributed by atoms with Gasteiger partial charge in [0.2, 0.25) is 11.8 Å². The molecule has 1 aromatic heterocycles. The number of hydrogen-bond acceptors (Lipinski definition) is 7. The number of thiazole rings is 1. The molecule has 8 nitrogen and oxygen atoms in total. The topological polar surface area (TPSA) is 113 Å². The van der Waals surface area contributed by atoms with Crippen molar-refractivity contribution in [2.75, 3.05) is 4.90 Å². The molecule has 2 aliphatic rings. The molecule has 1 fully saturated rings. The third-order valence-electron chi connectivity index (χ3n) is 5.28. The molecule has 5 rings (SSSR count). The van der Waals surface area contributed by atoms with Gasteiger partial charge in [0.15, 0.2) is 0 Å². The molecular formula is C20H13N3O5S2. The Morgan fingerprint density at radius 1 is 1.00 bits per heavy atom. The van der Waals surface area contributed by atoms with E-state index < -0.39 is 22.0 Å². The third kappa shape index (κ3) is 2.79. The van der Waals surface area contributed by atoms with E-state index in [1.807, 2.05) is 0 Å². The van der Waals surface area contributed by atoms with Gasteiger partial charge in [-0.15, -0.1) is 0 Å². The van der Waals surface area contributed by atoms with Crippen molar-refractivity contribution in [2.45, 2.75) is 16.2 Å². The summed E-state index contributed by atoms with van der Waals surface area (Å²) in [5.74, 6) is -2.11. The number of non-ortho nitro benzene ring substituents is 1. The van der Waals surface area contributed by atoms with Crippen LogP contribution in [0.2, 0.25) is 0 Å². The van der Waals surface area contributed by atoms with Crippen molar-refractivity contribution in [3.8, 4) is 0 Å². The van der Waals surface area contributed by atoms with Gasteiger partial charge in [-0.05, 0) is 17.7 Å². The van der Waals surface area contributed by atoms with Crippen LogP contribution in [-0.2, 0) is 9.59 Å². The molecule has 3 heterocycles. The second-order valence-corrected chi connectivity index (χ2v) is 9.12. The van der Waals surface area contributed by atoms with E-state index in [2.05, 4.69) is 4.98 Å². The number of aromatic amines is 1. The molecule has 0 aliphatic carbocycles. The van der Waals surface area contributed by atoms with Crippen LogP contribution in [0.4, 0.5) is 11.4 Å². The fourth-order valence-electron chi connectivity index (χ4n) is 4.04. The molecule has 0 saturated carbocycles. The highest BCUT2D eigenvalue weighted by Crippen LogP contribution is 2.53. The number of imide groups is 1. The van der Waals surface area contributed by atoms with Gasteiger partial charge in [-0.2, -0.15) is 0 Å². The maximum absolute atomic E-state index is 13.4. The Labute approximate surface area is 177 Å². The fraction of sp³-hybridized carbons (Fsp3) is 0.150. The number of amides is 2. The zero-order valence-corrected chi connectivity index (χ0v) is 16.8. The third-order valence-corrected chi connectivity index (χ3v) is 7.68. The number of H-pyrrole nitrogens is 1. The highest BCUT2D eigenvalue weighted by Gasteiger charge is 2.56. The first-order valence-electron chi connectivity index (χ1n) is 9.02. The minimum Gasteiger partial charge on any atom is -0.307 e. The summed E-state index contributed by atoms with van der Waals surface area (Å²) in [6.45, 7) is 0. The Bertz CT molecular complexity index is 1250. The van der Waals surface area contributed by atoms with E-state index in [0.717, 1.165) is 11.3 Å². The Hall–Kier alpha value is -3.24. The average Bonchev–Trinajstić information content (AvgIpc) is 3.23. The molecule has 2 aromatic carbocycles. The van der Waals surface area contributed by atoms with Crippen molar-refractivity contribution in [3.63, 3.8) is 0 Å². The molecule has 0 spiro atoms. The van der Waals surface area contributed by atoms with Gasteiger partial charge in [-0.25, -0.2) is 4.90 Å². The number of nitrogens with one attached hydrogen (secondary N) is 1. The van der Waals surface area contributed by atoms with Crippen LogP contribution in [-0.4, -0.2) is 27.0 Å². The van der Waals surface area contributed by atoms with E-state index in [9.17, 15) is 24.5 Å². The Balaban J connectivity index is 1.67. The van der Waals surface area contributed by atoms with Gasteiger partial charge in [-0.1, -0.05) is 53.4 Å². The SMILES string of the molecule is O=C1[C@@H]2[C@H](c3cccc([N+](=O)[O-])c3)c3sc(=O)[nH]c3S[C@H]2C(=O)N1c1ccccc1. The number of thioether (sulfide) groups is 1. The van der Waals surface area contributed by atoms with Crippen molar-refractivity contribution in [2.24, 2.45) is 5.92 Å². The molecule has 2 aliphatic heterocycles. The monoisotopic (exact) mass is 439 g/mol. The number of nitro groups is 1. The highest BCUT2D eigenvalue weighted by atomic mass is 32.2. The maximum Gasteiger partial charge on any atom is 0.305 e. The lowest BCUT2D eigenvalue weighted by Gasteiger charge is -2.29. The molecule has 10 heteroatoms. The molecule has 3 atom stereocenters. The number of carbonyl (C=O) groups excluding carboxylic acids is 2. The highest BCUT2D eigenvalue weighted by molar-refractivity contribution is 8.00. The quantitative estimate of drug-likeness (QED) is 0.381. The molecule has 0 unspecified atom stereocenters. The predicted octanol–water partition coefficient (Wildman–Crippen LogP) is 3.14. The van der Waals surface area contributed by atoms with Crippen molar-refractivity contribution >= 4 is 46.3 Å². The number of nitrogens with zero attached hydrogens (tertiary/aromatic N) is 2. The largest absolute Gasteiger partial charge is 0.307 e. The van der Waals surface area contributed by atoms with Gasteiger partial charge in [0, 0.05) is 22.9 Å². The number of fused-ring (bicyclic) bond motifs is 2. The van der Waals surface area contributed by atoms with Gasteiger partial charge in [0.05, 0.1) is 21.6 Å². The first-order chi connectivity index (χ1) is 14.5. The lowest BCUT2D eigenvalue weighted by Crippen LogP contribution is -2.32. The van der Waals surface area contributed by atoms with E-state index in [0.29, 0.717) is 21.2 Å². The number of para-hydroxylation sites is 1. The second kappa shape index (κ2) is 6.92. The van der Waals surface area contributed by atoms with Crippen LogP contribution in [0.15, 0.2) is 64.4 Å². The number of hydrogen-bond donors (Lipinski definition) is 1. The smallest absolute Gasteiger partial charge is 0.305 e. The summed E-state index contributed by atoms with van der Waals surface area (Å²) in [5.41, 5.74) is 0.910. The summed E-state index contributed by atoms with van der Waals surface area (Å²) < 4.78 is 0. The number of benzene rings is 2. The van der Waals surface area contributed by atoms with Gasteiger partial charge in [-0.3, -0.25) is 24.5 Å². The van der Waals surface area contributed by atoms with Crippen molar-refractivity contribution in [3.05, 3.63) is 84.8 Å². The average molecular weight is 439 g/mol. The number of anilines is 1. The molecule has 1 N–H and O–H groups in total. The van der Waals surface area contributed by atoms with Crippen molar-refractivity contribution in [1.82, 2.24) is 4.98 Å². The van der Waals surface area contributed by atoms with Gasteiger partial charge in [0.25, 0.3) is 5.69 Å². The molecule has 0 radical (unpaired) electrons. The Morgan fingerprint density at radius 2 is 1.77 bits per heavy atom. The van der Waals surface area contributed by atoms with Crippen LogP contribution in [0.5, 0.6) is 0 Å². The van der Waals surface area contributed by atoms with E-state index in [-0.39, 0.29) is 22.4 Å². The lowest BCUT2D eigenvalue weighted by molar-refractivity contribution is -0.384. The van der Waals surface area contributed by atoms with E-state index in [4.69, 9.17) is 0 Å².